The van der Waals surface area contributed by atoms with E-state index in [2.05, 4.69) is 25.7 Å². The second kappa shape index (κ2) is 21.5. The smallest absolute Gasteiger partial charge is 0.0704 e. The van der Waals surface area contributed by atoms with Gasteiger partial charge in [-0.05, 0) is 33.1 Å². The maximum Gasteiger partial charge on any atom is 0.0704 e. The molecule has 0 atom stereocenters. The molecule has 0 N–H and O–H groups in total. The van der Waals surface area contributed by atoms with Gasteiger partial charge in [0.25, 0.3) is 0 Å². The molecular formula is C23H47NO7. The van der Waals surface area contributed by atoms with E-state index in [1.54, 1.807) is 0 Å². The Bertz CT molecular complexity index is 366. The molecular weight excluding hydrogens is 402 g/mol. The van der Waals surface area contributed by atoms with Crippen molar-refractivity contribution in [1.82, 2.24) is 4.90 Å². The third-order valence-corrected chi connectivity index (χ3v) is 5.00. The number of nitrogens with zero attached hydrogens (tertiary/aromatic N) is 1. The van der Waals surface area contributed by atoms with Crippen LogP contribution >= 0.6 is 0 Å². The van der Waals surface area contributed by atoms with Crippen LogP contribution in [0.5, 0.6) is 0 Å². The molecule has 186 valence electrons. The Balaban J connectivity index is 1.69. The zero-order valence-electron chi connectivity index (χ0n) is 20.2. The Kier molecular flexibility index (Phi) is 19.9. The Morgan fingerprint density at radius 1 is 0.581 bits per heavy atom. The van der Waals surface area contributed by atoms with E-state index in [9.17, 15) is 0 Å². The summed E-state index contributed by atoms with van der Waals surface area (Å²) in [5.74, 6) is 0. The van der Waals surface area contributed by atoms with Gasteiger partial charge in [0.2, 0.25) is 0 Å². The number of hydrogen-bond acceptors (Lipinski definition) is 8. The molecule has 1 aliphatic rings. The Morgan fingerprint density at radius 3 is 1.29 bits per heavy atom. The van der Waals surface area contributed by atoms with E-state index in [1.807, 2.05) is 0 Å². The van der Waals surface area contributed by atoms with Crippen LogP contribution in [0.3, 0.4) is 0 Å². The number of ether oxygens (including phenoxy) is 7. The molecule has 31 heavy (non-hydrogen) atoms. The van der Waals surface area contributed by atoms with Crippen LogP contribution in [0.4, 0.5) is 0 Å². The third-order valence-electron chi connectivity index (χ3n) is 5.00. The average Bonchev–Trinajstić information content (AvgIpc) is 2.78. The maximum atomic E-state index is 5.91. The molecule has 0 aromatic heterocycles. The van der Waals surface area contributed by atoms with Crippen LogP contribution in [0.1, 0.15) is 40.0 Å². The van der Waals surface area contributed by atoms with Crippen LogP contribution in [0, 0.1) is 0 Å². The fourth-order valence-electron chi connectivity index (χ4n) is 3.18. The topological polar surface area (TPSA) is 67.9 Å². The number of piperidine rings is 1. The molecule has 1 fully saturated rings. The predicted octanol–water partition coefficient (Wildman–Crippen LogP) is 2.39. The van der Waals surface area contributed by atoms with Crippen molar-refractivity contribution in [2.45, 2.75) is 52.2 Å². The van der Waals surface area contributed by atoms with Crippen LogP contribution < -0.4 is 0 Å². The summed E-state index contributed by atoms with van der Waals surface area (Å²) in [6.07, 6.45) is 3.66. The SMILES string of the molecule is CCCOCCOCCOCCOCCOCCOCCOC1CCN(C(C)C)CC1. The first-order valence-electron chi connectivity index (χ1n) is 12.1. The van der Waals surface area contributed by atoms with Crippen molar-refractivity contribution in [1.29, 1.82) is 0 Å². The molecule has 0 unspecified atom stereocenters. The highest BCUT2D eigenvalue weighted by Crippen LogP contribution is 2.15. The minimum Gasteiger partial charge on any atom is -0.379 e. The van der Waals surface area contributed by atoms with Gasteiger partial charge in [-0.15, -0.1) is 0 Å². The van der Waals surface area contributed by atoms with E-state index in [0.717, 1.165) is 39.0 Å². The third kappa shape index (κ3) is 17.9. The summed E-state index contributed by atoms with van der Waals surface area (Å²) in [4.78, 5) is 2.51. The Morgan fingerprint density at radius 2 is 0.935 bits per heavy atom. The summed E-state index contributed by atoms with van der Waals surface area (Å²) < 4.78 is 38.6. The predicted molar refractivity (Wildman–Crippen MR) is 121 cm³/mol. The van der Waals surface area contributed by atoms with E-state index in [0.29, 0.717) is 91.4 Å². The van der Waals surface area contributed by atoms with E-state index in [1.165, 1.54) is 0 Å². The number of hydrogen-bond donors (Lipinski definition) is 0. The van der Waals surface area contributed by atoms with Crippen LogP contribution in [-0.2, 0) is 33.2 Å². The first-order chi connectivity index (χ1) is 15.2. The quantitative estimate of drug-likeness (QED) is 0.233. The van der Waals surface area contributed by atoms with Gasteiger partial charge in [-0.3, -0.25) is 0 Å². The fourth-order valence-corrected chi connectivity index (χ4v) is 3.18. The average molecular weight is 450 g/mol. The molecule has 0 saturated carbocycles. The van der Waals surface area contributed by atoms with Gasteiger partial charge in [-0.2, -0.15) is 0 Å². The minimum absolute atomic E-state index is 0.383. The Hall–Kier alpha value is -0.320. The maximum absolute atomic E-state index is 5.91. The zero-order valence-corrected chi connectivity index (χ0v) is 20.2. The molecule has 0 aromatic rings. The molecule has 0 spiro atoms. The Labute approximate surface area is 189 Å². The van der Waals surface area contributed by atoms with Gasteiger partial charge in [-0.1, -0.05) is 6.92 Å². The largest absolute Gasteiger partial charge is 0.379 e. The lowest BCUT2D eigenvalue weighted by molar-refractivity contribution is -0.0393. The molecule has 1 aliphatic heterocycles. The number of likely N-dealkylation sites (tertiary alicyclic amines) is 1. The van der Waals surface area contributed by atoms with E-state index in [4.69, 9.17) is 33.2 Å². The second-order valence-electron chi connectivity index (χ2n) is 7.87. The summed E-state index contributed by atoms with van der Waals surface area (Å²) in [6.45, 7) is 16.8. The molecule has 1 saturated heterocycles. The van der Waals surface area contributed by atoms with Crippen molar-refractivity contribution < 1.29 is 33.2 Å². The van der Waals surface area contributed by atoms with Gasteiger partial charge < -0.3 is 38.1 Å². The number of rotatable bonds is 22. The van der Waals surface area contributed by atoms with Crippen molar-refractivity contribution in [3.8, 4) is 0 Å². The lowest BCUT2D eigenvalue weighted by Gasteiger charge is -2.34. The molecule has 0 bridgehead atoms. The molecule has 0 amide bonds. The fraction of sp³-hybridized carbons (Fsp3) is 1.00. The van der Waals surface area contributed by atoms with Crippen molar-refractivity contribution in [3.63, 3.8) is 0 Å². The van der Waals surface area contributed by atoms with E-state index >= 15 is 0 Å². The summed E-state index contributed by atoms with van der Waals surface area (Å²) in [7, 11) is 0. The van der Waals surface area contributed by atoms with Crippen molar-refractivity contribution in [3.05, 3.63) is 0 Å². The van der Waals surface area contributed by atoms with Gasteiger partial charge in [0.05, 0.1) is 85.4 Å². The minimum atomic E-state index is 0.383. The molecule has 8 heteroatoms. The molecule has 8 nitrogen and oxygen atoms in total. The van der Waals surface area contributed by atoms with Crippen LogP contribution in [-0.4, -0.2) is 116 Å². The van der Waals surface area contributed by atoms with Crippen molar-refractivity contribution >= 4 is 0 Å². The first kappa shape index (κ1) is 28.7. The van der Waals surface area contributed by atoms with Crippen LogP contribution in [0.2, 0.25) is 0 Å². The van der Waals surface area contributed by atoms with Crippen molar-refractivity contribution in [2.75, 3.05) is 99.0 Å². The van der Waals surface area contributed by atoms with Crippen LogP contribution in [0.15, 0.2) is 0 Å². The van der Waals surface area contributed by atoms with Crippen LogP contribution in [0.25, 0.3) is 0 Å². The van der Waals surface area contributed by atoms with Gasteiger partial charge >= 0.3 is 0 Å². The lowest BCUT2D eigenvalue weighted by Crippen LogP contribution is -2.41. The van der Waals surface area contributed by atoms with Gasteiger partial charge in [0, 0.05) is 25.7 Å². The van der Waals surface area contributed by atoms with Gasteiger partial charge in [0.1, 0.15) is 0 Å². The highest BCUT2D eigenvalue weighted by atomic mass is 16.6. The zero-order chi connectivity index (χ0) is 22.4. The van der Waals surface area contributed by atoms with E-state index < -0.39 is 0 Å². The normalized spacial score (nSPS) is 15.9. The van der Waals surface area contributed by atoms with Gasteiger partial charge in [-0.25, -0.2) is 0 Å². The molecule has 1 heterocycles. The second-order valence-corrected chi connectivity index (χ2v) is 7.87. The molecule has 0 radical (unpaired) electrons. The monoisotopic (exact) mass is 449 g/mol. The molecule has 0 aliphatic carbocycles. The molecule has 0 aromatic carbocycles. The first-order valence-corrected chi connectivity index (χ1v) is 12.1. The molecule has 1 rings (SSSR count). The standard InChI is InChI=1S/C23H47NO7/c1-4-9-25-10-11-26-12-13-27-14-15-28-16-17-29-18-19-30-20-21-31-23-5-7-24(8-6-23)22(2)3/h22-23H,4-21H2,1-3H3. The lowest BCUT2D eigenvalue weighted by atomic mass is 10.1. The van der Waals surface area contributed by atoms with E-state index in [-0.39, 0.29) is 0 Å². The van der Waals surface area contributed by atoms with Gasteiger partial charge in [0.15, 0.2) is 0 Å². The highest BCUT2D eigenvalue weighted by Gasteiger charge is 2.20. The summed E-state index contributed by atoms with van der Waals surface area (Å²) in [5, 5.41) is 0. The van der Waals surface area contributed by atoms with Crippen molar-refractivity contribution in [2.24, 2.45) is 0 Å². The summed E-state index contributed by atoms with van der Waals surface area (Å²) in [5.41, 5.74) is 0. The summed E-state index contributed by atoms with van der Waals surface area (Å²) >= 11 is 0. The summed E-state index contributed by atoms with van der Waals surface area (Å²) in [6, 6.07) is 0.633. The highest BCUT2D eigenvalue weighted by molar-refractivity contribution is 4.74.